The molecular weight excluding hydrogens is 550 g/mol. The number of nitrogens with zero attached hydrogens (tertiary/aromatic N) is 1. The highest BCUT2D eigenvalue weighted by molar-refractivity contribution is 6.14. The van der Waals surface area contributed by atoms with Crippen LogP contribution in [0.3, 0.4) is 0 Å². The van der Waals surface area contributed by atoms with Crippen LogP contribution >= 0.6 is 0 Å². The molecule has 8 rings (SSSR count). The Morgan fingerprint density at radius 1 is 0.533 bits per heavy atom. The predicted octanol–water partition coefficient (Wildman–Crippen LogP) is 12.3. The minimum absolute atomic E-state index is 0.862. The van der Waals surface area contributed by atoms with E-state index < -0.39 is 0 Å². The summed E-state index contributed by atoms with van der Waals surface area (Å²) in [5.74, 6) is 0.911. The van der Waals surface area contributed by atoms with E-state index in [4.69, 9.17) is 8.83 Å². The lowest BCUT2D eigenvalue weighted by atomic mass is 9.97. The van der Waals surface area contributed by atoms with E-state index in [0.717, 1.165) is 83.6 Å². The van der Waals surface area contributed by atoms with E-state index in [1.165, 1.54) is 0 Å². The highest BCUT2D eigenvalue weighted by atomic mass is 16.3. The van der Waals surface area contributed by atoms with Gasteiger partial charge in [0.25, 0.3) is 0 Å². The van der Waals surface area contributed by atoms with E-state index in [2.05, 4.69) is 139 Å². The molecule has 0 aliphatic rings. The van der Waals surface area contributed by atoms with Gasteiger partial charge in [0.05, 0.1) is 22.4 Å². The predicted molar refractivity (Wildman–Crippen MR) is 188 cm³/mol. The summed E-state index contributed by atoms with van der Waals surface area (Å²) >= 11 is 0. The summed E-state index contributed by atoms with van der Waals surface area (Å²) < 4.78 is 12.5. The van der Waals surface area contributed by atoms with Crippen molar-refractivity contribution < 1.29 is 8.83 Å². The quantitative estimate of drug-likeness (QED) is 0.196. The van der Waals surface area contributed by atoms with Crippen molar-refractivity contribution in [1.82, 2.24) is 0 Å². The second-order valence-electron chi connectivity index (χ2n) is 11.4. The fourth-order valence-electron chi connectivity index (χ4n) is 6.53. The number of hydrogen-bond acceptors (Lipinski definition) is 3. The van der Waals surface area contributed by atoms with Gasteiger partial charge in [-0.2, -0.15) is 0 Å². The molecule has 0 aliphatic heterocycles. The molecule has 0 spiro atoms. The van der Waals surface area contributed by atoms with Gasteiger partial charge in [-0.3, -0.25) is 0 Å². The molecule has 0 unspecified atom stereocenters. The van der Waals surface area contributed by atoms with Gasteiger partial charge in [-0.1, -0.05) is 109 Å². The Bertz CT molecular complexity index is 2360. The summed E-state index contributed by atoms with van der Waals surface area (Å²) in [6.45, 7) is 4.23. The Kier molecular flexibility index (Phi) is 6.57. The average Bonchev–Trinajstić information content (AvgIpc) is 3.63. The van der Waals surface area contributed by atoms with E-state index in [1.807, 2.05) is 31.2 Å². The molecular formula is C42H31NO2. The number of anilines is 3. The summed E-state index contributed by atoms with van der Waals surface area (Å²) in [5.41, 5.74) is 11.6. The zero-order valence-electron chi connectivity index (χ0n) is 25.2. The van der Waals surface area contributed by atoms with Crippen LogP contribution < -0.4 is 4.90 Å². The number of para-hydroxylation sites is 4. The number of aryl methyl sites for hydroxylation is 1. The fraction of sp³-hybridized carbons (Fsp3) is 0.0476. The Hall–Kier alpha value is -5.80. The van der Waals surface area contributed by atoms with Gasteiger partial charge in [0.1, 0.15) is 22.5 Å². The van der Waals surface area contributed by atoms with Gasteiger partial charge in [-0.15, -0.1) is 0 Å². The molecule has 6 aromatic carbocycles. The minimum atomic E-state index is 0.862. The molecule has 0 radical (unpaired) electrons. The number of hydrogen-bond donors (Lipinski definition) is 0. The molecule has 0 N–H and O–H groups in total. The first kappa shape index (κ1) is 26.8. The number of rotatable bonds is 6. The van der Waals surface area contributed by atoms with Crippen LogP contribution in [-0.2, 0) is 0 Å². The Morgan fingerprint density at radius 2 is 1.13 bits per heavy atom. The molecule has 2 aromatic heterocycles. The summed E-state index contributed by atoms with van der Waals surface area (Å²) in [7, 11) is 0. The second-order valence-corrected chi connectivity index (χ2v) is 11.4. The van der Waals surface area contributed by atoms with Crippen LogP contribution in [0.1, 0.15) is 23.8 Å². The largest absolute Gasteiger partial charge is 0.461 e. The molecule has 45 heavy (non-hydrogen) atoms. The monoisotopic (exact) mass is 581 g/mol. The number of benzene rings is 6. The van der Waals surface area contributed by atoms with Gasteiger partial charge in [0.15, 0.2) is 0 Å². The summed E-state index contributed by atoms with van der Waals surface area (Å²) in [6.07, 6.45) is 2.26. The van der Waals surface area contributed by atoms with E-state index in [1.54, 1.807) is 0 Å². The molecule has 0 fully saturated rings. The minimum Gasteiger partial charge on any atom is -0.461 e. The Labute approximate surface area is 262 Å². The Morgan fingerprint density at radius 3 is 1.96 bits per heavy atom. The van der Waals surface area contributed by atoms with Crippen LogP contribution in [0.25, 0.3) is 55.7 Å². The SMILES string of the molecule is C/C(=C\c1c(C)oc2ccccc12)c1ccccc1N(c1ccccc1-c1ccccc1)c1cccc2oc3ccccc3c12. The normalized spacial score (nSPS) is 11.9. The summed E-state index contributed by atoms with van der Waals surface area (Å²) in [5, 5.41) is 3.30. The number of allylic oxidation sites excluding steroid dienone is 1. The van der Waals surface area contributed by atoms with Gasteiger partial charge in [0, 0.05) is 27.5 Å². The molecule has 2 heterocycles. The first-order chi connectivity index (χ1) is 22.2. The van der Waals surface area contributed by atoms with Crippen molar-refractivity contribution in [2.24, 2.45) is 0 Å². The molecule has 0 amide bonds. The third kappa shape index (κ3) is 4.61. The molecule has 8 aromatic rings. The van der Waals surface area contributed by atoms with Crippen LogP contribution in [0.2, 0.25) is 0 Å². The zero-order valence-corrected chi connectivity index (χ0v) is 25.2. The standard InChI is InChI=1S/C42H31NO2/c1-28(27-35-29(2)44-39-24-12-8-19-33(35)39)31-17-6-10-21-36(31)43(37-22-11-7-18-32(37)30-15-4-3-5-16-30)38-23-14-26-41-42(38)34-20-9-13-25-40(34)45-41/h3-27H,1-2H3/b28-27+. The topological polar surface area (TPSA) is 29.5 Å². The summed E-state index contributed by atoms with van der Waals surface area (Å²) in [4.78, 5) is 2.40. The molecule has 0 saturated carbocycles. The van der Waals surface area contributed by atoms with E-state index in [0.29, 0.717) is 0 Å². The average molecular weight is 582 g/mol. The molecule has 0 atom stereocenters. The number of furan rings is 2. The zero-order chi connectivity index (χ0) is 30.3. The molecule has 0 saturated heterocycles. The lowest BCUT2D eigenvalue weighted by Crippen LogP contribution is -2.13. The number of fused-ring (bicyclic) bond motifs is 4. The van der Waals surface area contributed by atoms with Crippen molar-refractivity contribution in [3.05, 3.63) is 162 Å². The van der Waals surface area contributed by atoms with Gasteiger partial charge in [-0.05, 0) is 67.5 Å². The van der Waals surface area contributed by atoms with Crippen molar-refractivity contribution >= 4 is 61.6 Å². The van der Waals surface area contributed by atoms with Crippen LogP contribution in [0, 0.1) is 6.92 Å². The van der Waals surface area contributed by atoms with Crippen molar-refractivity contribution in [3.63, 3.8) is 0 Å². The first-order valence-electron chi connectivity index (χ1n) is 15.3. The maximum Gasteiger partial charge on any atom is 0.137 e. The molecule has 3 nitrogen and oxygen atoms in total. The molecule has 0 aliphatic carbocycles. The second kappa shape index (κ2) is 11.0. The molecule has 216 valence electrons. The molecule has 3 heteroatoms. The highest BCUT2D eigenvalue weighted by Crippen LogP contribution is 2.47. The third-order valence-electron chi connectivity index (χ3n) is 8.60. The lowest BCUT2D eigenvalue weighted by Gasteiger charge is -2.30. The van der Waals surface area contributed by atoms with E-state index in [-0.39, 0.29) is 0 Å². The fourth-order valence-corrected chi connectivity index (χ4v) is 6.53. The van der Waals surface area contributed by atoms with Crippen LogP contribution in [0.4, 0.5) is 17.1 Å². The smallest absolute Gasteiger partial charge is 0.137 e. The highest BCUT2D eigenvalue weighted by Gasteiger charge is 2.24. The Balaban J connectivity index is 1.41. The maximum absolute atomic E-state index is 6.38. The van der Waals surface area contributed by atoms with Gasteiger partial charge in [-0.25, -0.2) is 0 Å². The van der Waals surface area contributed by atoms with Gasteiger partial charge in [0.2, 0.25) is 0 Å². The lowest BCUT2D eigenvalue weighted by molar-refractivity contribution is 0.577. The van der Waals surface area contributed by atoms with Crippen LogP contribution in [0.15, 0.2) is 154 Å². The van der Waals surface area contributed by atoms with E-state index >= 15 is 0 Å². The first-order valence-corrected chi connectivity index (χ1v) is 15.3. The van der Waals surface area contributed by atoms with Crippen molar-refractivity contribution in [2.45, 2.75) is 13.8 Å². The summed E-state index contributed by atoms with van der Waals surface area (Å²) in [6, 6.07) is 50.8. The third-order valence-corrected chi connectivity index (χ3v) is 8.60. The van der Waals surface area contributed by atoms with Gasteiger partial charge < -0.3 is 13.7 Å². The van der Waals surface area contributed by atoms with E-state index in [9.17, 15) is 0 Å². The molecule has 0 bridgehead atoms. The maximum atomic E-state index is 6.38. The van der Waals surface area contributed by atoms with Crippen LogP contribution in [-0.4, -0.2) is 0 Å². The van der Waals surface area contributed by atoms with Crippen molar-refractivity contribution in [2.75, 3.05) is 4.90 Å². The van der Waals surface area contributed by atoms with Crippen molar-refractivity contribution in [1.29, 1.82) is 0 Å². The van der Waals surface area contributed by atoms with Gasteiger partial charge >= 0.3 is 0 Å². The van der Waals surface area contributed by atoms with Crippen molar-refractivity contribution in [3.8, 4) is 11.1 Å². The van der Waals surface area contributed by atoms with Crippen LogP contribution in [0.5, 0.6) is 0 Å².